The first kappa shape index (κ1) is 23.1. The van der Waals surface area contributed by atoms with Gasteiger partial charge in [0.2, 0.25) is 5.28 Å². The Morgan fingerprint density at radius 1 is 0.926 bits per heavy atom. The predicted octanol–water partition coefficient (Wildman–Crippen LogP) is 5.72. The van der Waals surface area contributed by atoms with Crippen LogP contribution in [-0.2, 0) is 4.74 Å². The third kappa shape index (κ3) is 8.54. The Balaban J connectivity index is 0.000000390. The highest BCUT2D eigenvalue weighted by atomic mass is 35.5. The van der Waals surface area contributed by atoms with Crippen molar-refractivity contribution in [2.45, 2.75) is 20.8 Å². The summed E-state index contributed by atoms with van der Waals surface area (Å²) in [6.45, 7) is 7.60. The second kappa shape index (κ2) is 13.3. The molecule has 2 N–H and O–H groups in total. The van der Waals surface area contributed by atoms with Crippen molar-refractivity contribution in [3.05, 3.63) is 58.8 Å². The van der Waals surface area contributed by atoms with Gasteiger partial charge in [-0.25, -0.2) is 4.98 Å². The molecule has 5 nitrogen and oxygen atoms in total. The van der Waals surface area contributed by atoms with E-state index in [0.717, 1.165) is 29.8 Å². The van der Waals surface area contributed by atoms with Crippen LogP contribution in [0.3, 0.4) is 0 Å². The number of aliphatic hydroxyl groups is 1. The van der Waals surface area contributed by atoms with Crippen molar-refractivity contribution in [3.8, 4) is 0 Å². The number of halogens is 2. The number of hydrogen-bond donors (Lipinski definition) is 2. The van der Waals surface area contributed by atoms with Gasteiger partial charge < -0.3 is 15.2 Å². The van der Waals surface area contributed by atoms with Crippen molar-refractivity contribution in [2.24, 2.45) is 0 Å². The molecule has 0 atom stereocenters. The van der Waals surface area contributed by atoms with Gasteiger partial charge in [-0.15, -0.1) is 0 Å². The van der Waals surface area contributed by atoms with E-state index < -0.39 is 0 Å². The van der Waals surface area contributed by atoms with E-state index in [1.807, 2.05) is 62.4 Å². The van der Waals surface area contributed by atoms with Gasteiger partial charge in [0, 0.05) is 35.9 Å². The highest BCUT2D eigenvalue weighted by Crippen LogP contribution is 2.25. The molecule has 7 heteroatoms. The fraction of sp³-hybridized carbons (Fsp3) is 0.300. The summed E-state index contributed by atoms with van der Waals surface area (Å²) in [6.07, 6.45) is 0. The van der Waals surface area contributed by atoms with Gasteiger partial charge in [0.05, 0.1) is 5.52 Å². The normalized spacial score (nSPS) is 9.70. The van der Waals surface area contributed by atoms with Crippen LogP contribution in [0, 0.1) is 0 Å². The molecule has 0 saturated carbocycles. The Morgan fingerprint density at radius 2 is 1.52 bits per heavy atom. The molecule has 146 valence electrons. The van der Waals surface area contributed by atoms with Crippen LogP contribution < -0.4 is 5.32 Å². The van der Waals surface area contributed by atoms with Crippen LogP contribution >= 0.6 is 23.2 Å². The topological polar surface area (TPSA) is 67.3 Å². The Hall–Kier alpha value is -1.92. The molecule has 0 amide bonds. The Kier molecular flexibility index (Phi) is 11.4. The smallest absolute Gasteiger partial charge is 0.224 e. The molecule has 0 bridgehead atoms. The number of aromatic nitrogens is 2. The maximum atomic E-state index is 7.57. The average molecular weight is 410 g/mol. The van der Waals surface area contributed by atoms with Crippen LogP contribution in [0.1, 0.15) is 20.8 Å². The van der Waals surface area contributed by atoms with E-state index in [4.69, 9.17) is 33.0 Å². The highest BCUT2D eigenvalue weighted by Gasteiger charge is 2.06. The first-order chi connectivity index (χ1) is 13.0. The molecular formula is C20H25Cl2N3O2. The Bertz CT molecular complexity index is 797. The number of rotatable bonds is 4. The predicted molar refractivity (Wildman–Crippen MR) is 114 cm³/mol. The molecular weight excluding hydrogens is 385 g/mol. The lowest BCUT2D eigenvalue weighted by Gasteiger charge is -2.09. The number of fused-ring (bicyclic) bond motifs is 1. The fourth-order valence-corrected chi connectivity index (χ4v) is 2.32. The lowest BCUT2D eigenvalue weighted by atomic mass is 10.2. The van der Waals surface area contributed by atoms with Crippen LogP contribution in [0.5, 0.6) is 0 Å². The number of nitrogens with one attached hydrogen (secondary N) is 1. The van der Waals surface area contributed by atoms with Gasteiger partial charge in [-0.2, -0.15) is 4.98 Å². The second-order valence-corrected chi connectivity index (χ2v) is 5.86. The molecule has 0 saturated heterocycles. The minimum atomic E-state index is 0.218. The minimum Gasteiger partial charge on any atom is -0.397 e. The number of benzene rings is 2. The Labute approximate surface area is 170 Å². The van der Waals surface area contributed by atoms with Crippen molar-refractivity contribution in [1.29, 1.82) is 0 Å². The van der Waals surface area contributed by atoms with Crippen molar-refractivity contribution < 1.29 is 9.84 Å². The van der Waals surface area contributed by atoms with Gasteiger partial charge in [0.25, 0.3) is 0 Å². The molecule has 0 unspecified atom stereocenters. The number of para-hydroxylation sites is 1. The molecule has 0 aliphatic carbocycles. The number of ether oxygens (including phenoxy) is 1. The summed E-state index contributed by atoms with van der Waals surface area (Å²) in [5.74, 6) is 0.679. The van der Waals surface area contributed by atoms with Crippen LogP contribution in [0.4, 0.5) is 11.5 Å². The maximum Gasteiger partial charge on any atom is 0.224 e. The molecule has 0 radical (unpaired) electrons. The SMILES string of the molecule is CCO.CCOCC.Clc1ccc(Nc2nc(Cl)nc3ccccc23)cc1. The monoisotopic (exact) mass is 409 g/mol. The van der Waals surface area contributed by atoms with E-state index in [9.17, 15) is 0 Å². The number of aliphatic hydroxyl groups excluding tert-OH is 1. The van der Waals surface area contributed by atoms with E-state index in [2.05, 4.69) is 15.3 Å². The summed E-state index contributed by atoms with van der Waals surface area (Å²) in [4.78, 5) is 8.41. The second-order valence-electron chi connectivity index (χ2n) is 5.09. The summed E-state index contributed by atoms with van der Waals surface area (Å²) in [6, 6.07) is 15.1. The molecule has 0 aliphatic heterocycles. The van der Waals surface area contributed by atoms with Gasteiger partial charge >= 0.3 is 0 Å². The van der Waals surface area contributed by atoms with E-state index in [1.54, 1.807) is 6.92 Å². The molecule has 0 fully saturated rings. The van der Waals surface area contributed by atoms with Gasteiger partial charge in [-0.3, -0.25) is 0 Å². The Morgan fingerprint density at radius 3 is 2.07 bits per heavy atom. The molecule has 0 spiro atoms. The molecule has 3 rings (SSSR count). The third-order valence-corrected chi connectivity index (χ3v) is 3.51. The standard InChI is InChI=1S/C14H9Cl2N3.C4H10O.C2H6O/c15-9-5-7-10(8-6-9)17-13-11-3-1-2-4-12(11)18-14(16)19-13;1-3-5-4-2;1-2-3/h1-8H,(H,17,18,19);3-4H2,1-2H3;3H,2H2,1H3. The summed E-state index contributed by atoms with van der Waals surface area (Å²) >= 11 is 11.8. The van der Waals surface area contributed by atoms with E-state index in [-0.39, 0.29) is 11.9 Å². The molecule has 0 aliphatic rings. The lowest BCUT2D eigenvalue weighted by molar-refractivity contribution is 0.162. The first-order valence-electron chi connectivity index (χ1n) is 8.69. The zero-order valence-corrected chi connectivity index (χ0v) is 17.3. The average Bonchev–Trinajstić information content (AvgIpc) is 2.65. The van der Waals surface area contributed by atoms with Crippen LogP contribution in [0.2, 0.25) is 10.3 Å². The zero-order valence-electron chi connectivity index (χ0n) is 15.7. The molecule has 1 heterocycles. The van der Waals surface area contributed by atoms with Crippen molar-refractivity contribution in [2.75, 3.05) is 25.1 Å². The quantitative estimate of drug-likeness (QED) is 0.539. The maximum absolute atomic E-state index is 7.57. The fourth-order valence-electron chi connectivity index (χ4n) is 2.02. The largest absolute Gasteiger partial charge is 0.397 e. The minimum absolute atomic E-state index is 0.218. The molecule has 3 aromatic rings. The summed E-state index contributed by atoms with van der Waals surface area (Å²) in [7, 11) is 0. The third-order valence-electron chi connectivity index (χ3n) is 3.09. The first-order valence-corrected chi connectivity index (χ1v) is 9.44. The van der Waals surface area contributed by atoms with Crippen molar-refractivity contribution in [3.63, 3.8) is 0 Å². The van der Waals surface area contributed by atoms with Crippen LogP contribution in [-0.4, -0.2) is 34.9 Å². The van der Waals surface area contributed by atoms with E-state index in [1.165, 1.54) is 0 Å². The van der Waals surface area contributed by atoms with Gasteiger partial charge in [-0.05, 0) is 68.8 Å². The molecule has 1 aromatic heterocycles. The van der Waals surface area contributed by atoms with E-state index >= 15 is 0 Å². The number of nitrogens with zero attached hydrogens (tertiary/aromatic N) is 2. The zero-order chi connectivity index (χ0) is 20.1. The van der Waals surface area contributed by atoms with Crippen molar-refractivity contribution in [1.82, 2.24) is 9.97 Å². The number of anilines is 2. The summed E-state index contributed by atoms with van der Waals surface area (Å²) in [5, 5.41) is 12.6. The number of hydrogen-bond acceptors (Lipinski definition) is 5. The van der Waals surface area contributed by atoms with Gasteiger partial charge in [0.15, 0.2) is 0 Å². The van der Waals surface area contributed by atoms with Gasteiger partial charge in [0.1, 0.15) is 5.82 Å². The van der Waals surface area contributed by atoms with Crippen LogP contribution in [0.15, 0.2) is 48.5 Å². The van der Waals surface area contributed by atoms with Gasteiger partial charge in [-0.1, -0.05) is 23.7 Å². The molecule has 27 heavy (non-hydrogen) atoms. The summed E-state index contributed by atoms with van der Waals surface area (Å²) in [5.41, 5.74) is 1.70. The van der Waals surface area contributed by atoms with E-state index in [0.29, 0.717) is 10.8 Å². The lowest BCUT2D eigenvalue weighted by Crippen LogP contribution is -1.96. The molecule has 2 aromatic carbocycles. The van der Waals surface area contributed by atoms with Crippen LogP contribution in [0.25, 0.3) is 10.9 Å². The van der Waals surface area contributed by atoms with Crippen molar-refractivity contribution >= 4 is 45.6 Å². The summed E-state index contributed by atoms with van der Waals surface area (Å²) < 4.78 is 4.83. The highest BCUT2D eigenvalue weighted by molar-refractivity contribution is 6.30.